The number of hydrogen-bond acceptors (Lipinski definition) is 5. The molecule has 0 spiro atoms. The van der Waals surface area contributed by atoms with E-state index in [0.717, 1.165) is 5.69 Å². The van der Waals surface area contributed by atoms with E-state index in [1.54, 1.807) is 30.1 Å². The highest BCUT2D eigenvalue weighted by molar-refractivity contribution is 5.64. The molecule has 1 unspecified atom stereocenters. The Morgan fingerprint density at radius 1 is 1.50 bits per heavy atom. The molecule has 0 aliphatic rings. The second-order valence-corrected chi connectivity index (χ2v) is 4.35. The first-order valence-electron chi connectivity index (χ1n) is 5.96. The van der Waals surface area contributed by atoms with Crippen LogP contribution in [0.15, 0.2) is 30.5 Å². The third-order valence-electron chi connectivity index (χ3n) is 3.00. The summed E-state index contributed by atoms with van der Waals surface area (Å²) in [6.45, 7) is 1.89. The van der Waals surface area contributed by atoms with E-state index in [1.807, 2.05) is 19.1 Å². The number of nitrogens with one attached hydrogen (secondary N) is 1. The number of benzene rings is 1. The summed E-state index contributed by atoms with van der Waals surface area (Å²) in [7, 11) is 1.81. The molecule has 1 aromatic heterocycles. The molecule has 1 atom stereocenters. The van der Waals surface area contributed by atoms with E-state index in [4.69, 9.17) is 5.26 Å². The van der Waals surface area contributed by atoms with Crippen LogP contribution in [0.5, 0.6) is 0 Å². The predicted octanol–water partition coefficient (Wildman–Crippen LogP) is 2.37. The molecule has 2 aromatic rings. The van der Waals surface area contributed by atoms with E-state index in [-0.39, 0.29) is 17.3 Å². The summed E-state index contributed by atoms with van der Waals surface area (Å²) in [5.74, 6) is 0. The number of nitro groups is 1. The third-order valence-corrected chi connectivity index (χ3v) is 3.00. The number of rotatable bonds is 4. The van der Waals surface area contributed by atoms with Crippen LogP contribution in [0.25, 0.3) is 0 Å². The van der Waals surface area contributed by atoms with Gasteiger partial charge in [0.25, 0.3) is 5.69 Å². The molecular formula is C13H13N5O2. The van der Waals surface area contributed by atoms with Crippen LogP contribution in [0.4, 0.5) is 11.4 Å². The number of nitrogens with zero attached hydrogens (tertiary/aromatic N) is 4. The maximum atomic E-state index is 11.1. The van der Waals surface area contributed by atoms with Gasteiger partial charge in [-0.15, -0.1) is 0 Å². The van der Waals surface area contributed by atoms with Crippen LogP contribution < -0.4 is 5.32 Å². The molecule has 1 N–H and O–H groups in total. The first-order chi connectivity index (χ1) is 9.52. The summed E-state index contributed by atoms with van der Waals surface area (Å²) in [6.07, 6.45) is 1.67. The van der Waals surface area contributed by atoms with Crippen molar-refractivity contribution in [1.82, 2.24) is 9.78 Å². The van der Waals surface area contributed by atoms with E-state index in [1.165, 1.54) is 6.07 Å². The largest absolute Gasteiger partial charge is 0.371 e. The summed E-state index contributed by atoms with van der Waals surface area (Å²) in [5.41, 5.74) is 1.43. The molecule has 7 heteroatoms. The van der Waals surface area contributed by atoms with E-state index in [2.05, 4.69) is 10.4 Å². The minimum atomic E-state index is -0.501. The number of hydrogen-bond donors (Lipinski definition) is 1. The summed E-state index contributed by atoms with van der Waals surface area (Å²) in [4.78, 5) is 10.6. The lowest BCUT2D eigenvalue weighted by molar-refractivity contribution is -0.384. The lowest BCUT2D eigenvalue weighted by Gasteiger charge is -2.15. The SMILES string of the molecule is CC(Nc1ccc(C#N)cc1[N+](=O)[O-])c1ccnn1C. The average Bonchev–Trinajstić information content (AvgIpc) is 2.85. The fourth-order valence-corrected chi connectivity index (χ4v) is 1.99. The van der Waals surface area contributed by atoms with Crippen LogP contribution in [0.3, 0.4) is 0 Å². The van der Waals surface area contributed by atoms with Crippen molar-refractivity contribution in [2.24, 2.45) is 7.05 Å². The average molecular weight is 271 g/mol. The zero-order valence-electron chi connectivity index (χ0n) is 11.1. The topological polar surface area (TPSA) is 96.8 Å². The molecule has 0 aliphatic carbocycles. The van der Waals surface area contributed by atoms with Gasteiger partial charge in [0.1, 0.15) is 5.69 Å². The van der Waals surface area contributed by atoms with Gasteiger partial charge in [0.05, 0.1) is 28.3 Å². The Balaban J connectivity index is 2.32. The van der Waals surface area contributed by atoms with Crippen LogP contribution in [-0.4, -0.2) is 14.7 Å². The van der Waals surface area contributed by atoms with Crippen LogP contribution in [0.1, 0.15) is 24.2 Å². The third kappa shape index (κ3) is 2.59. The number of nitriles is 1. The Kier molecular flexibility index (Phi) is 3.66. The highest BCUT2D eigenvalue weighted by Gasteiger charge is 2.18. The summed E-state index contributed by atoms with van der Waals surface area (Å²) >= 11 is 0. The molecule has 102 valence electrons. The van der Waals surface area contributed by atoms with Crippen molar-refractivity contribution >= 4 is 11.4 Å². The standard InChI is InChI=1S/C13H13N5O2/c1-9(12-5-6-15-17(12)2)16-11-4-3-10(8-14)7-13(11)18(19)20/h3-7,9,16H,1-2H3. The molecule has 0 amide bonds. The fraction of sp³-hybridized carbons (Fsp3) is 0.231. The summed E-state index contributed by atoms with van der Waals surface area (Å²) in [6, 6.07) is 7.94. The van der Waals surface area contributed by atoms with Gasteiger partial charge in [-0.1, -0.05) is 0 Å². The number of aromatic nitrogens is 2. The van der Waals surface area contributed by atoms with Crippen molar-refractivity contribution in [3.05, 3.63) is 51.8 Å². The molecule has 0 aliphatic heterocycles. The van der Waals surface area contributed by atoms with Crippen LogP contribution in [-0.2, 0) is 7.05 Å². The van der Waals surface area contributed by atoms with Crippen molar-refractivity contribution in [3.8, 4) is 6.07 Å². The zero-order chi connectivity index (χ0) is 14.7. The van der Waals surface area contributed by atoms with Crippen LogP contribution >= 0.6 is 0 Å². The fourth-order valence-electron chi connectivity index (χ4n) is 1.99. The Hall–Kier alpha value is -2.88. The first-order valence-corrected chi connectivity index (χ1v) is 5.96. The second-order valence-electron chi connectivity index (χ2n) is 4.35. The Labute approximate surface area is 115 Å². The van der Waals surface area contributed by atoms with E-state index in [9.17, 15) is 10.1 Å². The van der Waals surface area contributed by atoms with Crippen LogP contribution in [0.2, 0.25) is 0 Å². The molecule has 7 nitrogen and oxygen atoms in total. The van der Waals surface area contributed by atoms with Crippen molar-refractivity contribution in [3.63, 3.8) is 0 Å². The monoisotopic (exact) mass is 271 g/mol. The minimum Gasteiger partial charge on any atom is -0.371 e. The van der Waals surface area contributed by atoms with Gasteiger partial charge in [0.15, 0.2) is 0 Å². The molecule has 0 fully saturated rings. The van der Waals surface area contributed by atoms with Gasteiger partial charge in [-0.2, -0.15) is 10.4 Å². The molecule has 20 heavy (non-hydrogen) atoms. The van der Waals surface area contributed by atoms with E-state index in [0.29, 0.717) is 5.69 Å². The quantitative estimate of drug-likeness (QED) is 0.680. The molecule has 1 heterocycles. The zero-order valence-corrected chi connectivity index (χ0v) is 11.1. The molecule has 0 radical (unpaired) electrons. The number of anilines is 1. The molecule has 1 aromatic carbocycles. The van der Waals surface area contributed by atoms with Crippen molar-refractivity contribution in [2.75, 3.05) is 5.32 Å². The van der Waals surface area contributed by atoms with Gasteiger partial charge < -0.3 is 5.32 Å². The Bertz CT molecular complexity index is 686. The lowest BCUT2D eigenvalue weighted by atomic mass is 10.1. The first kappa shape index (κ1) is 13.5. The number of nitro benzene ring substituents is 1. The van der Waals surface area contributed by atoms with Crippen molar-refractivity contribution < 1.29 is 4.92 Å². The molecule has 2 rings (SSSR count). The summed E-state index contributed by atoms with van der Waals surface area (Å²) in [5, 5.41) is 27.0. The maximum absolute atomic E-state index is 11.1. The Morgan fingerprint density at radius 3 is 2.80 bits per heavy atom. The van der Waals surface area contributed by atoms with Gasteiger partial charge in [-0.25, -0.2) is 0 Å². The van der Waals surface area contributed by atoms with Gasteiger partial charge in [0, 0.05) is 19.3 Å². The summed E-state index contributed by atoms with van der Waals surface area (Å²) < 4.78 is 1.70. The maximum Gasteiger partial charge on any atom is 0.293 e. The van der Waals surface area contributed by atoms with Crippen LogP contribution in [0, 0.1) is 21.4 Å². The lowest BCUT2D eigenvalue weighted by Crippen LogP contribution is -2.12. The molecule has 0 saturated heterocycles. The smallest absolute Gasteiger partial charge is 0.293 e. The minimum absolute atomic E-state index is 0.113. The van der Waals surface area contributed by atoms with Gasteiger partial charge in [-0.05, 0) is 25.1 Å². The molecule has 0 bridgehead atoms. The number of aryl methyl sites for hydroxylation is 1. The highest BCUT2D eigenvalue weighted by atomic mass is 16.6. The van der Waals surface area contributed by atoms with Gasteiger partial charge in [0.2, 0.25) is 0 Å². The van der Waals surface area contributed by atoms with Gasteiger partial charge in [-0.3, -0.25) is 14.8 Å². The Morgan fingerprint density at radius 2 is 2.25 bits per heavy atom. The van der Waals surface area contributed by atoms with Crippen molar-refractivity contribution in [1.29, 1.82) is 5.26 Å². The second kappa shape index (κ2) is 5.40. The molecule has 0 saturated carbocycles. The molecular weight excluding hydrogens is 258 g/mol. The van der Waals surface area contributed by atoms with E-state index >= 15 is 0 Å². The predicted molar refractivity (Wildman–Crippen MR) is 73.1 cm³/mol. The van der Waals surface area contributed by atoms with Crippen molar-refractivity contribution in [2.45, 2.75) is 13.0 Å². The normalized spacial score (nSPS) is 11.7. The van der Waals surface area contributed by atoms with E-state index < -0.39 is 4.92 Å². The highest BCUT2D eigenvalue weighted by Crippen LogP contribution is 2.28. The van der Waals surface area contributed by atoms with Gasteiger partial charge >= 0.3 is 0 Å².